The molecule has 6 rings (SSSR count). The zero-order valence-corrected chi connectivity index (χ0v) is 17.0. The summed E-state index contributed by atoms with van der Waals surface area (Å²) in [5.41, 5.74) is 13.0. The van der Waals surface area contributed by atoms with Gasteiger partial charge in [0, 0.05) is 36.6 Å². The van der Waals surface area contributed by atoms with Crippen LogP contribution < -0.4 is 10.6 Å². The summed E-state index contributed by atoms with van der Waals surface area (Å²) in [7, 11) is 0. The van der Waals surface area contributed by atoms with E-state index in [1.165, 1.54) is 5.69 Å². The molecule has 0 radical (unpaired) electrons. The molecule has 0 atom stereocenters. The first kappa shape index (κ1) is 18.1. The molecule has 0 amide bonds. The summed E-state index contributed by atoms with van der Waals surface area (Å²) in [6, 6.07) is 18.7. The van der Waals surface area contributed by atoms with E-state index in [2.05, 4.69) is 55.2 Å². The average molecular weight is 409 g/mol. The minimum absolute atomic E-state index is 0.328. The highest BCUT2D eigenvalue weighted by molar-refractivity contribution is 5.86. The van der Waals surface area contributed by atoms with Crippen LogP contribution in [0.2, 0.25) is 0 Å². The molecule has 7 nitrogen and oxygen atoms in total. The van der Waals surface area contributed by atoms with Gasteiger partial charge in [0.25, 0.3) is 0 Å². The molecule has 1 saturated heterocycles. The number of aromatic amines is 2. The maximum atomic E-state index is 6.05. The van der Waals surface area contributed by atoms with E-state index in [0.717, 1.165) is 70.9 Å². The maximum Gasteiger partial charge on any atom is 0.157 e. The van der Waals surface area contributed by atoms with Gasteiger partial charge in [-0.2, -0.15) is 0 Å². The van der Waals surface area contributed by atoms with Gasteiger partial charge < -0.3 is 20.6 Å². The number of H-pyrrole nitrogens is 2. The highest BCUT2D eigenvalue weighted by atomic mass is 15.1. The Morgan fingerprint density at radius 3 is 2.39 bits per heavy atom. The quantitative estimate of drug-likeness (QED) is 0.417. The summed E-state index contributed by atoms with van der Waals surface area (Å²) < 4.78 is 0. The van der Waals surface area contributed by atoms with E-state index < -0.39 is 0 Å². The van der Waals surface area contributed by atoms with Crippen LogP contribution in [0.1, 0.15) is 12.8 Å². The SMILES string of the molecule is NC1CCN(c2ccc3nc(-c4ccc5nc(-c6ccccn6)[nH]c5c4)[nH]c3c2)CC1. The van der Waals surface area contributed by atoms with Crippen LogP contribution in [0.5, 0.6) is 0 Å². The molecule has 1 fully saturated rings. The number of rotatable bonds is 3. The molecular formula is C24H23N7. The van der Waals surface area contributed by atoms with Gasteiger partial charge in [0.2, 0.25) is 0 Å². The molecule has 4 N–H and O–H groups in total. The number of pyridine rings is 1. The number of aromatic nitrogens is 5. The van der Waals surface area contributed by atoms with Crippen molar-refractivity contribution in [3.63, 3.8) is 0 Å². The predicted molar refractivity (Wildman–Crippen MR) is 124 cm³/mol. The molecule has 2 aromatic carbocycles. The number of benzene rings is 2. The fraction of sp³-hybridized carbons (Fsp3) is 0.208. The molecule has 7 heteroatoms. The number of hydrogen-bond donors (Lipinski definition) is 3. The Balaban J connectivity index is 1.33. The van der Waals surface area contributed by atoms with Crippen molar-refractivity contribution in [2.24, 2.45) is 5.73 Å². The van der Waals surface area contributed by atoms with E-state index in [9.17, 15) is 0 Å². The third-order valence-electron chi connectivity index (χ3n) is 6.03. The lowest BCUT2D eigenvalue weighted by Crippen LogP contribution is -2.39. The van der Waals surface area contributed by atoms with E-state index in [1.54, 1.807) is 6.20 Å². The number of piperidine rings is 1. The average Bonchev–Trinajstić information content (AvgIpc) is 3.43. The van der Waals surface area contributed by atoms with Gasteiger partial charge in [-0.3, -0.25) is 4.98 Å². The molecule has 31 heavy (non-hydrogen) atoms. The molecule has 3 aromatic heterocycles. The van der Waals surface area contributed by atoms with Gasteiger partial charge in [-0.05, 0) is 61.4 Å². The molecule has 0 saturated carbocycles. The third kappa shape index (κ3) is 3.33. The summed E-state index contributed by atoms with van der Waals surface area (Å²) >= 11 is 0. The van der Waals surface area contributed by atoms with Gasteiger partial charge in [-0.25, -0.2) is 9.97 Å². The van der Waals surface area contributed by atoms with Crippen LogP contribution in [0.3, 0.4) is 0 Å². The summed E-state index contributed by atoms with van der Waals surface area (Å²) in [6.07, 6.45) is 3.85. The van der Waals surface area contributed by atoms with Crippen LogP contribution >= 0.6 is 0 Å². The Labute approximate surface area is 179 Å². The van der Waals surface area contributed by atoms with Crippen molar-refractivity contribution in [2.75, 3.05) is 18.0 Å². The van der Waals surface area contributed by atoms with Crippen molar-refractivity contribution in [3.05, 3.63) is 60.8 Å². The standard InChI is InChI=1S/C24H23N7/c25-16-8-11-31(12-9-16)17-5-7-19-22(14-17)29-23(27-19)15-4-6-18-21(13-15)30-24(28-18)20-3-1-2-10-26-20/h1-7,10,13-14,16H,8-9,11-12,25H2,(H,27,29)(H,28,30). The lowest BCUT2D eigenvalue weighted by Gasteiger charge is -2.31. The Morgan fingerprint density at radius 2 is 1.58 bits per heavy atom. The van der Waals surface area contributed by atoms with Crippen molar-refractivity contribution in [3.8, 4) is 22.9 Å². The van der Waals surface area contributed by atoms with Crippen molar-refractivity contribution in [1.29, 1.82) is 0 Å². The molecule has 5 aromatic rings. The molecule has 154 valence electrons. The van der Waals surface area contributed by atoms with Crippen LogP contribution in [0.15, 0.2) is 60.8 Å². The van der Waals surface area contributed by atoms with Gasteiger partial charge >= 0.3 is 0 Å². The number of nitrogens with zero attached hydrogens (tertiary/aromatic N) is 4. The molecular weight excluding hydrogens is 386 g/mol. The van der Waals surface area contributed by atoms with Gasteiger partial charge in [-0.15, -0.1) is 0 Å². The largest absolute Gasteiger partial charge is 0.371 e. The minimum atomic E-state index is 0.328. The monoisotopic (exact) mass is 409 g/mol. The molecule has 1 aliphatic heterocycles. The van der Waals surface area contributed by atoms with Crippen LogP contribution in [-0.4, -0.2) is 44.1 Å². The maximum absolute atomic E-state index is 6.05. The zero-order chi connectivity index (χ0) is 20.8. The first-order chi connectivity index (χ1) is 15.2. The fourth-order valence-electron chi connectivity index (χ4n) is 4.27. The van der Waals surface area contributed by atoms with Gasteiger partial charge in [0.1, 0.15) is 11.5 Å². The van der Waals surface area contributed by atoms with E-state index in [-0.39, 0.29) is 0 Å². The number of nitrogens with two attached hydrogens (primary N) is 1. The second-order valence-corrected chi connectivity index (χ2v) is 8.14. The number of anilines is 1. The summed E-state index contributed by atoms with van der Waals surface area (Å²) in [6.45, 7) is 2.01. The Kier molecular flexibility index (Phi) is 4.21. The lowest BCUT2D eigenvalue weighted by molar-refractivity contribution is 0.501. The molecule has 0 bridgehead atoms. The van der Waals surface area contributed by atoms with Crippen molar-refractivity contribution in [2.45, 2.75) is 18.9 Å². The first-order valence-electron chi connectivity index (χ1n) is 10.6. The second kappa shape index (κ2) is 7.21. The zero-order valence-electron chi connectivity index (χ0n) is 17.0. The first-order valence-corrected chi connectivity index (χ1v) is 10.6. The van der Waals surface area contributed by atoms with Crippen LogP contribution in [-0.2, 0) is 0 Å². The van der Waals surface area contributed by atoms with Gasteiger partial charge in [-0.1, -0.05) is 6.07 Å². The normalized spacial score (nSPS) is 15.2. The molecule has 0 spiro atoms. The summed E-state index contributed by atoms with van der Waals surface area (Å²) in [5, 5.41) is 0. The van der Waals surface area contributed by atoms with Crippen LogP contribution in [0.25, 0.3) is 45.0 Å². The molecule has 1 aliphatic rings. The third-order valence-corrected chi connectivity index (χ3v) is 6.03. The van der Waals surface area contributed by atoms with E-state index in [4.69, 9.17) is 10.7 Å². The topological polar surface area (TPSA) is 99.5 Å². The number of imidazole rings is 2. The van der Waals surface area contributed by atoms with Crippen LogP contribution in [0, 0.1) is 0 Å². The van der Waals surface area contributed by atoms with Crippen molar-refractivity contribution < 1.29 is 0 Å². The Hall–Kier alpha value is -3.71. The van der Waals surface area contributed by atoms with Gasteiger partial charge in [0.15, 0.2) is 5.82 Å². The van der Waals surface area contributed by atoms with E-state index >= 15 is 0 Å². The second-order valence-electron chi connectivity index (χ2n) is 8.14. The highest BCUT2D eigenvalue weighted by Gasteiger charge is 2.17. The number of fused-ring (bicyclic) bond motifs is 2. The molecule has 4 heterocycles. The Morgan fingerprint density at radius 1 is 0.839 bits per heavy atom. The summed E-state index contributed by atoms with van der Waals surface area (Å²) in [4.78, 5) is 23.1. The lowest BCUT2D eigenvalue weighted by atomic mass is 10.1. The molecule has 0 aliphatic carbocycles. The Bertz CT molecular complexity index is 1360. The van der Waals surface area contributed by atoms with Gasteiger partial charge in [0.05, 0.1) is 22.1 Å². The van der Waals surface area contributed by atoms with Crippen molar-refractivity contribution in [1.82, 2.24) is 24.9 Å². The van der Waals surface area contributed by atoms with E-state index in [1.807, 2.05) is 24.3 Å². The number of nitrogens with one attached hydrogen (secondary N) is 2. The minimum Gasteiger partial charge on any atom is -0.371 e. The smallest absolute Gasteiger partial charge is 0.157 e. The highest BCUT2D eigenvalue weighted by Crippen LogP contribution is 2.28. The van der Waals surface area contributed by atoms with Crippen molar-refractivity contribution >= 4 is 27.8 Å². The predicted octanol–water partition coefficient (Wildman–Crippen LogP) is 4.10. The van der Waals surface area contributed by atoms with E-state index in [0.29, 0.717) is 6.04 Å². The molecule has 0 unspecified atom stereocenters. The fourth-order valence-corrected chi connectivity index (χ4v) is 4.27. The number of hydrogen-bond acceptors (Lipinski definition) is 5. The summed E-state index contributed by atoms with van der Waals surface area (Å²) in [5.74, 6) is 1.62. The van der Waals surface area contributed by atoms with Crippen LogP contribution in [0.4, 0.5) is 5.69 Å².